The lowest BCUT2D eigenvalue weighted by atomic mass is 10.0. The second-order valence-corrected chi connectivity index (χ2v) is 6.00. The number of anilines is 1. The van der Waals surface area contributed by atoms with E-state index in [1.165, 1.54) is 22.4 Å². The van der Waals surface area contributed by atoms with Gasteiger partial charge in [-0.15, -0.1) is 0 Å². The van der Waals surface area contributed by atoms with E-state index in [0.29, 0.717) is 0 Å². The van der Waals surface area contributed by atoms with E-state index in [1.807, 2.05) is 13.1 Å². The minimum Gasteiger partial charge on any atom is -0.371 e. The fourth-order valence-corrected chi connectivity index (χ4v) is 3.30. The van der Waals surface area contributed by atoms with Crippen LogP contribution in [-0.4, -0.2) is 20.1 Å². The van der Waals surface area contributed by atoms with Crippen LogP contribution in [0.15, 0.2) is 42.5 Å². The Morgan fingerprint density at radius 2 is 1.71 bits per heavy atom. The highest BCUT2D eigenvalue weighted by atomic mass is 35.5. The van der Waals surface area contributed by atoms with E-state index in [0.717, 1.165) is 37.5 Å². The maximum atomic E-state index is 6.15. The average molecular weight is 301 g/mol. The molecule has 1 N–H and O–H groups in total. The molecule has 0 aromatic heterocycles. The van der Waals surface area contributed by atoms with E-state index in [1.54, 1.807) is 0 Å². The van der Waals surface area contributed by atoms with Crippen molar-refractivity contribution in [2.75, 3.05) is 25.0 Å². The molecular formula is C18H21ClN2. The summed E-state index contributed by atoms with van der Waals surface area (Å²) in [4.78, 5) is 2.49. The molecule has 0 fully saturated rings. The molecule has 0 atom stereocenters. The molecule has 1 aliphatic heterocycles. The number of rotatable bonds is 3. The molecule has 0 radical (unpaired) electrons. The lowest BCUT2D eigenvalue weighted by Crippen LogP contribution is -2.27. The van der Waals surface area contributed by atoms with Crippen molar-refractivity contribution in [2.45, 2.75) is 19.4 Å². The van der Waals surface area contributed by atoms with Crippen molar-refractivity contribution in [1.82, 2.24) is 5.32 Å². The lowest BCUT2D eigenvalue weighted by Gasteiger charge is -2.25. The Kier molecular flexibility index (Phi) is 4.47. The minimum atomic E-state index is 0.808. The fraction of sp³-hybridized carbons (Fsp3) is 0.333. The molecule has 1 aliphatic rings. The molecule has 0 bridgehead atoms. The maximum Gasteiger partial charge on any atom is 0.0413 e. The fourth-order valence-electron chi connectivity index (χ4n) is 3.10. The molecule has 0 amide bonds. The topological polar surface area (TPSA) is 15.3 Å². The summed E-state index contributed by atoms with van der Waals surface area (Å²) in [5.41, 5.74) is 5.56. The van der Waals surface area contributed by atoms with E-state index in [4.69, 9.17) is 11.6 Å². The van der Waals surface area contributed by atoms with Gasteiger partial charge in [-0.05, 0) is 54.8 Å². The van der Waals surface area contributed by atoms with Gasteiger partial charge in [0.15, 0.2) is 0 Å². The van der Waals surface area contributed by atoms with Gasteiger partial charge in [-0.25, -0.2) is 0 Å². The van der Waals surface area contributed by atoms with Crippen LogP contribution in [0.25, 0.3) is 0 Å². The van der Waals surface area contributed by atoms with Crippen LogP contribution in [0, 0.1) is 0 Å². The SMILES string of the molecule is CNCc1cc(Cl)ccc1N1CCc2ccccc2CC1. The highest BCUT2D eigenvalue weighted by molar-refractivity contribution is 6.30. The predicted octanol–water partition coefficient (Wildman–Crippen LogP) is 3.66. The number of fused-ring (bicyclic) bond motifs is 1. The lowest BCUT2D eigenvalue weighted by molar-refractivity contribution is 0.774. The van der Waals surface area contributed by atoms with Crippen LogP contribution in [0.2, 0.25) is 5.02 Å². The normalized spacial score (nSPS) is 14.7. The Labute approximate surface area is 131 Å². The molecule has 21 heavy (non-hydrogen) atoms. The van der Waals surface area contributed by atoms with Gasteiger partial charge < -0.3 is 10.2 Å². The first-order valence-electron chi connectivity index (χ1n) is 7.52. The standard InChI is InChI=1S/C18H21ClN2/c1-20-13-16-12-17(19)6-7-18(16)21-10-8-14-4-2-3-5-15(14)9-11-21/h2-7,12,20H,8-11,13H2,1H3. The highest BCUT2D eigenvalue weighted by Crippen LogP contribution is 2.27. The molecule has 3 rings (SSSR count). The molecule has 0 saturated heterocycles. The van der Waals surface area contributed by atoms with Gasteiger partial charge in [0.05, 0.1) is 0 Å². The summed E-state index contributed by atoms with van der Waals surface area (Å²) in [6.45, 7) is 2.98. The molecule has 3 heteroatoms. The van der Waals surface area contributed by atoms with Crippen LogP contribution in [0.3, 0.4) is 0 Å². The largest absolute Gasteiger partial charge is 0.371 e. The molecule has 0 saturated carbocycles. The third-order valence-electron chi connectivity index (χ3n) is 4.17. The number of benzene rings is 2. The number of nitrogens with zero attached hydrogens (tertiary/aromatic N) is 1. The molecule has 0 aliphatic carbocycles. The van der Waals surface area contributed by atoms with Gasteiger partial charge in [0.1, 0.15) is 0 Å². The zero-order chi connectivity index (χ0) is 14.7. The summed E-state index contributed by atoms with van der Waals surface area (Å²) in [7, 11) is 1.98. The van der Waals surface area contributed by atoms with Gasteiger partial charge in [-0.3, -0.25) is 0 Å². The van der Waals surface area contributed by atoms with Crippen LogP contribution in [0.5, 0.6) is 0 Å². The van der Waals surface area contributed by atoms with Crippen molar-refractivity contribution in [3.8, 4) is 0 Å². The van der Waals surface area contributed by atoms with Crippen LogP contribution < -0.4 is 10.2 Å². The van der Waals surface area contributed by atoms with E-state index in [2.05, 4.69) is 46.6 Å². The van der Waals surface area contributed by atoms with Crippen molar-refractivity contribution in [1.29, 1.82) is 0 Å². The molecule has 2 aromatic carbocycles. The molecule has 2 aromatic rings. The zero-order valence-electron chi connectivity index (χ0n) is 12.4. The van der Waals surface area contributed by atoms with Crippen molar-refractivity contribution in [3.63, 3.8) is 0 Å². The van der Waals surface area contributed by atoms with E-state index in [-0.39, 0.29) is 0 Å². The summed E-state index contributed by atoms with van der Waals surface area (Å²) < 4.78 is 0. The van der Waals surface area contributed by atoms with Gasteiger partial charge in [0.25, 0.3) is 0 Å². The Hall–Kier alpha value is -1.51. The van der Waals surface area contributed by atoms with E-state index >= 15 is 0 Å². The number of hydrogen-bond donors (Lipinski definition) is 1. The van der Waals surface area contributed by atoms with Crippen LogP contribution in [-0.2, 0) is 19.4 Å². The van der Waals surface area contributed by atoms with Gasteiger partial charge in [-0.1, -0.05) is 35.9 Å². The Morgan fingerprint density at radius 3 is 2.33 bits per heavy atom. The Morgan fingerprint density at radius 1 is 1.05 bits per heavy atom. The Balaban J connectivity index is 1.86. The zero-order valence-corrected chi connectivity index (χ0v) is 13.2. The second-order valence-electron chi connectivity index (χ2n) is 5.56. The van der Waals surface area contributed by atoms with Gasteiger partial charge in [-0.2, -0.15) is 0 Å². The maximum absolute atomic E-state index is 6.15. The first-order chi connectivity index (χ1) is 10.3. The highest BCUT2D eigenvalue weighted by Gasteiger charge is 2.16. The summed E-state index contributed by atoms with van der Waals surface area (Å²) in [5.74, 6) is 0. The average Bonchev–Trinajstić information content (AvgIpc) is 2.71. The molecule has 0 spiro atoms. The molecule has 0 unspecified atom stereocenters. The second kappa shape index (κ2) is 6.50. The number of nitrogens with one attached hydrogen (secondary N) is 1. The summed E-state index contributed by atoms with van der Waals surface area (Å²) in [6, 6.07) is 15.0. The van der Waals surface area contributed by atoms with Crippen LogP contribution in [0.1, 0.15) is 16.7 Å². The number of halogens is 1. The first kappa shape index (κ1) is 14.4. The van der Waals surface area contributed by atoms with Crippen LogP contribution in [0.4, 0.5) is 5.69 Å². The van der Waals surface area contributed by atoms with Crippen molar-refractivity contribution >= 4 is 17.3 Å². The molecule has 2 nitrogen and oxygen atoms in total. The molecule has 110 valence electrons. The van der Waals surface area contributed by atoms with E-state index < -0.39 is 0 Å². The summed E-state index contributed by atoms with van der Waals surface area (Å²) in [6.07, 6.45) is 2.22. The van der Waals surface area contributed by atoms with Gasteiger partial charge in [0.2, 0.25) is 0 Å². The minimum absolute atomic E-state index is 0.808. The van der Waals surface area contributed by atoms with Gasteiger partial charge >= 0.3 is 0 Å². The van der Waals surface area contributed by atoms with Gasteiger partial charge in [0, 0.05) is 30.3 Å². The first-order valence-corrected chi connectivity index (χ1v) is 7.90. The van der Waals surface area contributed by atoms with Crippen molar-refractivity contribution < 1.29 is 0 Å². The third kappa shape index (κ3) is 3.22. The number of hydrogen-bond acceptors (Lipinski definition) is 2. The predicted molar refractivity (Wildman–Crippen MR) is 90.3 cm³/mol. The third-order valence-corrected chi connectivity index (χ3v) is 4.41. The monoisotopic (exact) mass is 300 g/mol. The quantitative estimate of drug-likeness (QED) is 0.930. The van der Waals surface area contributed by atoms with Crippen molar-refractivity contribution in [2.24, 2.45) is 0 Å². The summed E-state index contributed by atoms with van der Waals surface area (Å²) >= 11 is 6.15. The Bertz CT molecular complexity index is 597. The molecular weight excluding hydrogens is 280 g/mol. The van der Waals surface area contributed by atoms with Crippen molar-refractivity contribution in [3.05, 3.63) is 64.2 Å². The van der Waals surface area contributed by atoms with E-state index in [9.17, 15) is 0 Å². The van der Waals surface area contributed by atoms with Crippen LogP contribution >= 0.6 is 11.6 Å². The smallest absolute Gasteiger partial charge is 0.0413 e. The molecule has 1 heterocycles. The summed E-state index contributed by atoms with van der Waals surface area (Å²) in [5, 5.41) is 4.05.